The van der Waals surface area contributed by atoms with Crippen LogP contribution in [0, 0.1) is 5.92 Å². The minimum atomic E-state index is 0.595. The molecular weight excluding hydrogens is 266 g/mol. The van der Waals surface area contributed by atoms with Crippen molar-refractivity contribution in [2.75, 3.05) is 12.3 Å². The first kappa shape index (κ1) is 13.3. The van der Waals surface area contributed by atoms with Crippen LogP contribution in [0.2, 0.25) is 0 Å². The van der Waals surface area contributed by atoms with Crippen molar-refractivity contribution in [3.63, 3.8) is 0 Å². The van der Waals surface area contributed by atoms with Gasteiger partial charge in [-0.2, -0.15) is 0 Å². The van der Waals surface area contributed by atoms with Crippen molar-refractivity contribution in [3.05, 3.63) is 52.5 Å². The summed E-state index contributed by atoms with van der Waals surface area (Å²) < 4.78 is 0. The molecule has 104 valence electrons. The summed E-state index contributed by atoms with van der Waals surface area (Å²) in [6, 6.07) is 10.4. The van der Waals surface area contributed by atoms with Gasteiger partial charge in [-0.15, -0.1) is 11.3 Å². The van der Waals surface area contributed by atoms with Gasteiger partial charge in [0.15, 0.2) is 5.13 Å². The fourth-order valence-corrected chi connectivity index (χ4v) is 3.39. The Kier molecular flexibility index (Phi) is 4.14. The van der Waals surface area contributed by atoms with E-state index in [-0.39, 0.29) is 0 Å². The number of nitrogens with one attached hydrogen (secondary N) is 1. The van der Waals surface area contributed by atoms with Gasteiger partial charge in [0.25, 0.3) is 0 Å². The molecule has 0 spiro atoms. The maximum absolute atomic E-state index is 5.80. The highest BCUT2D eigenvalue weighted by molar-refractivity contribution is 7.15. The molecule has 3 nitrogen and oxygen atoms in total. The van der Waals surface area contributed by atoms with Gasteiger partial charge < -0.3 is 11.1 Å². The van der Waals surface area contributed by atoms with E-state index in [2.05, 4.69) is 46.7 Å². The second kappa shape index (κ2) is 6.20. The number of nitrogen functional groups attached to an aromatic ring is 1. The molecule has 0 saturated heterocycles. The summed E-state index contributed by atoms with van der Waals surface area (Å²) in [7, 11) is 0. The average Bonchev–Trinajstić information content (AvgIpc) is 2.69. The van der Waals surface area contributed by atoms with Crippen molar-refractivity contribution in [3.8, 4) is 0 Å². The molecule has 1 aromatic carbocycles. The molecule has 20 heavy (non-hydrogen) atoms. The van der Waals surface area contributed by atoms with Gasteiger partial charge in [0.2, 0.25) is 0 Å². The van der Waals surface area contributed by atoms with Gasteiger partial charge in [-0.1, -0.05) is 42.5 Å². The van der Waals surface area contributed by atoms with E-state index in [0.717, 1.165) is 25.9 Å². The molecule has 1 unspecified atom stereocenters. The van der Waals surface area contributed by atoms with E-state index >= 15 is 0 Å². The highest BCUT2D eigenvalue weighted by Crippen LogP contribution is 2.26. The molecule has 0 radical (unpaired) electrons. The Balaban J connectivity index is 1.62. The molecule has 0 aliphatic carbocycles. The second-order valence-corrected chi connectivity index (χ2v) is 6.29. The summed E-state index contributed by atoms with van der Waals surface area (Å²) in [5.41, 5.74) is 8.24. The number of rotatable bonds is 3. The molecular formula is C16H19N3S. The molecule has 3 N–H and O–H groups in total. The Morgan fingerprint density at radius 1 is 1.35 bits per heavy atom. The lowest BCUT2D eigenvalue weighted by Gasteiger charge is -2.11. The summed E-state index contributed by atoms with van der Waals surface area (Å²) in [4.78, 5) is 5.76. The van der Waals surface area contributed by atoms with Crippen molar-refractivity contribution in [1.82, 2.24) is 10.3 Å². The standard InChI is InChI=1S/C16H19N3S/c17-16-19-14-9-13(10-18-11-15(14)20-16)8-4-7-12-5-2-1-3-6-12/h1-7,13,18H,8-11H2,(H2,17,19). The van der Waals surface area contributed by atoms with Gasteiger partial charge in [0, 0.05) is 11.4 Å². The lowest BCUT2D eigenvalue weighted by Crippen LogP contribution is -2.20. The number of hydrogen-bond donors (Lipinski definition) is 2. The molecule has 0 amide bonds. The van der Waals surface area contributed by atoms with Crippen LogP contribution in [0.3, 0.4) is 0 Å². The van der Waals surface area contributed by atoms with Gasteiger partial charge in [-0.05, 0) is 30.9 Å². The third-order valence-corrected chi connectivity index (χ3v) is 4.50. The van der Waals surface area contributed by atoms with E-state index in [1.807, 2.05) is 6.07 Å². The van der Waals surface area contributed by atoms with Crippen molar-refractivity contribution >= 4 is 22.5 Å². The average molecular weight is 285 g/mol. The molecule has 2 heterocycles. The molecule has 1 atom stereocenters. The van der Waals surface area contributed by atoms with Gasteiger partial charge in [0.05, 0.1) is 5.69 Å². The van der Waals surface area contributed by atoms with Crippen LogP contribution >= 0.6 is 11.3 Å². The van der Waals surface area contributed by atoms with E-state index in [1.54, 1.807) is 11.3 Å². The Hall–Kier alpha value is -1.65. The van der Waals surface area contributed by atoms with Crippen LogP contribution in [0.5, 0.6) is 0 Å². The van der Waals surface area contributed by atoms with Crippen molar-refractivity contribution in [2.45, 2.75) is 19.4 Å². The molecule has 2 aromatic rings. The largest absolute Gasteiger partial charge is 0.375 e. The lowest BCUT2D eigenvalue weighted by molar-refractivity contribution is 0.494. The SMILES string of the molecule is Nc1nc2c(s1)CNCC(CC=Cc1ccccc1)C2. The zero-order chi connectivity index (χ0) is 13.8. The van der Waals surface area contributed by atoms with Crippen LogP contribution in [0.25, 0.3) is 6.08 Å². The molecule has 0 fully saturated rings. The lowest BCUT2D eigenvalue weighted by atomic mass is 9.99. The van der Waals surface area contributed by atoms with Crippen LogP contribution in [0.15, 0.2) is 36.4 Å². The molecule has 1 aliphatic rings. The van der Waals surface area contributed by atoms with E-state index in [9.17, 15) is 0 Å². The predicted molar refractivity (Wildman–Crippen MR) is 85.5 cm³/mol. The van der Waals surface area contributed by atoms with Crippen molar-refractivity contribution in [1.29, 1.82) is 0 Å². The fourth-order valence-electron chi connectivity index (χ4n) is 2.56. The molecule has 4 heteroatoms. The fraction of sp³-hybridized carbons (Fsp3) is 0.312. The van der Waals surface area contributed by atoms with Crippen LogP contribution in [0.4, 0.5) is 5.13 Å². The third kappa shape index (κ3) is 3.26. The summed E-state index contributed by atoms with van der Waals surface area (Å²) in [5.74, 6) is 0.595. The summed E-state index contributed by atoms with van der Waals surface area (Å²) in [5, 5.41) is 4.19. The third-order valence-electron chi connectivity index (χ3n) is 3.57. The maximum Gasteiger partial charge on any atom is 0.180 e. The van der Waals surface area contributed by atoms with Crippen LogP contribution in [-0.4, -0.2) is 11.5 Å². The van der Waals surface area contributed by atoms with E-state index in [0.29, 0.717) is 11.0 Å². The number of benzene rings is 1. The number of aromatic nitrogens is 1. The smallest absolute Gasteiger partial charge is 0.180 e. The highest BCUT2D eigenvalue weighted by atomic mass is 32.1. The Morgan fingerprint density at radius 2 is 2.20 bits per heavy atom. The number of fused-ring (bicyclic) bond motifs is 1. The second-order valence-electron chi connectivity index (χ2n) is 5.17. The number of nitrogens with two attached hydrogens (primary N) is 1. The summed E-state index contributed by atoms with van der Waals surface area (Å²) in [6.45, 7) is 1.95. The minimum absolute atomic E-state index is 0.595. The first-order valence-corrected chi connectivity index (χ1v) is 7.79. The van der Waals surface area contributed by atoms with Crippen molar-refractivity contribution < 1.29 is 0 Å². The van der Waals surface area contributed by atoms with Gasteiger partial charge in [0.1, 0.15) is 0 Å². The summed E-state index contributed by atoms with van der Waals surface area (Å²) in [6.07, 6.45) is 6.55. The number of allylic oxidation sites excluding steroid dienone is 1. The molecule has 0 saturated carbocycles. The molecule has 1 aromatic heterocycles. The normalized spacial score (nSPS) is 18.9. The van der Waals surface area contributed by atoms with E-state index in [1.165, 1.54) is 16.1 Å². The number of hydrogen-bond acceptors (Lipinski definition) is 4. The first-order valence-electron chi connectivity index (χ1n) is 6.97. The van der Waals surface area contributed by atoms with Gasteiger partial charge in [-0.3, -0.25) is 0 Å². The monoisotopic (exact) mass is 285 g/mol. The molecule has 1 aliphatic heterocycles. The number of anilines is 1. The Morgan fingerprint density at radius 3 is 3.05 bits per heavy atom. The summed E-state index contributed by atoms with van der Waals surface area (Å²) >= 11 is 1.61. The highest BCUT2D eigenvalue weighted by Gasteiger charge is 2.18. The quantitative estimate of drug-likeness (QED) is 0.911. The van der Waals surface area contributed by atoms with E-state index < -0.39 is 0 Å². The maximum atomic E-state index is 5.80. The Labute approximate surface area is 123 Å². The van der Waals surface area contributed by atoms with E-state index in [4.69, 9.17) is 5.73 Å². The number of nitrogens with zero attached hydrogens (tertiary/aromatic N) is 1. The Bertz CT molecular complexity index is 589. The first-order chi connectivity index (χ1) is 9.81. The zero-order valence-corrected chi connectivity index (χ0v) is 12.2. The molecule has 0 bridgehead atoms. The van der Waals surface area contributed by atoms with Gasteiger partial charge >= 0.3 is 0 Å². The predicted octanol–water partition coefficient (Wildman–Crippen LogP) is 3.09. The zero-order valence-electron chi connectivity index (χ0n) is 11.4. The van der Waals surface area contributed by atoms with Crippen LogP contribution in [-0.2, 0) is 13.0 Å². The number of thiazole rings is 1. The van der Waals surface area contributed by atoms with Crippen molar-refractivity contribution in [2.24, 2.45) is 5.92 Å². The topological polar surface area (TPSA) is 50.9 Å². The van der Waals surface area contributed by atoms with Gasteiger partial charge in [-0.25, -0.2) is 4.98 Å². The van der Waals surface area contributed by atoms with Crippen LogP contribution < -0.4 is 11.1 Å². The minimum Gasteiger partial charge on any atom is -0.375 e. The molecule has 3 rings (SSSR count). The van der Waals surface area contributed by atoms with Crippen LogP contribution in [0.1, 0.15) is 22.6 Å².